The SMILES string of the molecule is COCCn1c(=O)c2sccc2n(CC(=O)N2CCN(c3ccc(OC)cc3)CC2)c1=O. The van der Waals surface area contributed by atoms with Crippen LogP contribution in [-0.4, -0.2) is 66.9 Å². The first kappa shape index (κ1) is 22.1. The Morgan fingerprint density at radius 1 is 1.00 bits per heavy atom. The van der Waals surface area contributed by atoms with Crippen LogP contribution in [0.4, 0.5) is 5.69 Å². The Morgan fingerprint density at radius 2 is 1.72 bits per heavy atom. The topological polar surface area (TPSA) is 86.0 Å². The molecule has 3 aromatic rings. The fourth-order valence-corrected chi connectivity index (χ4v) is 4.75. The van der Waals surface area contributed by atoms with Gasteiger partial charge in [-0.25, -0.2) is 4.79 Å². The van der Waals surface area contributed by atoms with Gasteiger partial charge in [0.2, 0.25) is 5.91 Å². The van der Waals surface area contributed by atoms with Gasteiger partial charge in [0, 0.05) is 39.0 Å². The molecule has 0 atom stereocenters. The lowest BCUT2D eigenvalue weighted by atomic mass is 10.2. The fourth-order valence-electron chi connectivity index (χ4n) is 3.91. The molecule has 0 bridgehead atoms. The number of aromatic nitrogens is 2. The van der Waals surface area contributed by atoms with Gasteiger partial charge in [-0.15, -0.1) is 11.3 Å². The van der Waals surface area contributed by atoms with Gasteiger partial charge >= 0.3 is 5.69 Å². The second-order valence-corrected chi connectivity index (χ2v) is 8.44. The normalized spacial score (nSPS) is 14.2. The smallest absolute Gasteiger partial charge is 0.332 e. The van der Waals surface area contributed by atoms with E-state index in [4.69, 9.17) is 9.47 Å². The van der Waals surface area contributed by atoms with Gasteiger partial charge in [0.05, 0.1) is 25.8 Å². The summed E-state index contributed by atoms with van der Waals surface area (Å²) in [4.78, 5) is 42.7. The summed E-state index contributed by atoms with van der Waals surface area (Å²) >= 11 is 1.27. The summed E-state index contributed by atoms with van der Waals surface area (Å²) in [5, 5.41) is 1.76. The van der Waals surface area contributed by atoms with E-state index in [1.807, 2.05) is 24.3 Å². The van der Waals surface area contributed by atoms with Crippen LogP contribution in [0.15, 0.2) is 45.3 Å². The number of rotatable bonds is 7. The van der Waals surface area contributed by atoms with E-state index < -0.39 is 5.69 Å². The van der Waals surface area contributed by atoms with Gasteiger partial charge < -0.3 is 19.3 Å². The first-order chi connectivity index (χ1) is 15.5. The van der Waals surface area contributed by atoms with Crippen LogP contribution in [0.5, 0.6) is 5.75 Å². The second kappa shape index (κ2) is 9.58. The molecule has 9 nitrogen and oxygen atoms in total. The summed E-state index contributed by atoms with van der Waals surface area (Å²) < 4.78 is 13.3. The summed E-state index contributed by atoms with van der Waals surface area (Å²) in [5.74, 6) is 0.672. The zero-order valence-corrected chi connectivity index (χ0v) is 19.0. The highest BCUT2D eigenvalue weighted by atomic mass is 32.1. The number of nitrogens with zero attached hydrogens (tertiary/aromatic N) is 4. The van der Waals surface area contributed by atoms with Gasteiger partial charge in [-0.2, -0.15) is 0 Å². The van der Waals surface area contributed by atoms with E-state index in [-0.39, 0.29) is 31.2 Å². The molecule has 3 heterocycles. The van der Waals surface area contributed by atoms with Gasteiger partial charge in [-0.3, -0.25) is 18.7 Å². The number of fused-ring (bicyclic) bond motifs is 1. The van der Waals surface area contributed by atoms with Crippen molar-refractivity contribution in [1.29, 1.82) is 0 Å². The number of carbonyl (C=O) groups excluding carboxylic acids is 1. The molecule has 4 rings (SSSR count). The van der Waals surface area contributed by atoms with Gasteiger partial charge in [0.15, 0.2) is 0 Å². The minimum Gasteiger partial charge on any atom is -0.497 e. The van der Waals surface area contributed by atoms with Crippen LogP contribution >= 0.6 is 11.3 Å². The Hall–Kier alpha value is -3.11. The van der Waals surface area contributed by atoms with Crippen molar-refractivity contribution >= 4 is 33.1 Å². The first-order valence-corrected chi connectivity index (χ1v) is 11.3. The highest BCUT2D eigenvalue weighted by Crippen LogP contribution is 2.21. The molecule has 1 aliphatic rings. The van der Waals surface area contributed by atoms with Crippen molar-refractivity contribution in [1.82, 2.24) is 14.0 Å². The summed E-state index contributed by atoms with van der Waals surface area (Å²) in [6, 6.07) is 9.57. The van der Waals surface area contributed by atoms with E-state index >= 15 is 0 Å². The highest BCUT2D eigenvalue weighted by molar-refractivity contribution is 7.17. The van der Waals surface area contributed by atoms with Gasteiger partial charge in [0.1, 0.15) is 17.0 Å². The predicted octanol–water partition coefficient (Wildman–Crippen LogP) is 1.23. The average molecular weight is 459 g/mol. The Labute approximate surface area is 189 Å². The fraction of sp³-hybridized carbons (Fsp3) is 0.409. The van der Waals surface area contributed by atoms with Crippen molar-refractivity contribution in [3.8, 4) is 5.75 Å². The van der Waals surface area contributed by atoms with Crippen LogP contribution < -0.4 is 20.9 Å². The largest absolute Gasteiger partial charge is 0.497 e. The molecule has 1 fully saturated rings. The predicted molar refractivity (Wildman–Crippen MR) is 124 cm³/mol. The molecule has 10 heteroatoms. The Balaban J connectivity index is 1.49. The standard InChI is InChI=1S/C22H26N4O5S/c1-30-13-12-25-21(28)20-18(7-14-32-20)26(22(25)29)15-19(27)24-10-8-23(9-11-24)16-3-5-17(31-2)6-4-16/h3-7,14H,8-13,15H2,1-2H3. The van der Waals surface area contributed by atoms with E-state index in [0.29, 0.717) is 36.4 Å². The molecule has 0 unspecified atom stereocenters. The van der Waals surface area contributed by atoms with Crippen molar-refractivity contribution in [3.63, 3.8) is 0 Å². The molecule has 1 aliphatic heterocycles. The number of hydrogen-bond acceptors (Lipinski definition) is 7. The van der Waals surface area contributed by atoms with Crippen molar-refractivity contribution in [2.24, 2.45) is 0 Å². The van der Waals surface area contributed by atoms with Crippen LogP contribution in [-0.2, 0) is 22.6 Å². The van der Waals surface area contributed by atoms with E-state index in [0.717, 1.165) is 16.0 Å². The van der Waals surface area contributed by atoms with Crippen LogP contribution in [0, 0.1) is 0 Å². The minimum atomic E-state index is -0.483. The molecule has 0 radical (unpaired) electrons. The number of methoxy groups -OCH3 is 2. The van der Waals surface area contributed by atoms with Crippen LogP contribution in [0.3, 0.4) is 0 Å². The van der Waals surface area contributed by atoms with Crippen molar-refractivity contribution in [3.05, 3.63) is 56.5 Å². The Kier molecular flexibility index (Phi) is 6.61. The first-order valence-electron chi connectivity index (χ1n) is 10.4. The molecular weight excluding hydrogens is 432 g/mol. The summed E-state index contributed by atoms with van der Waals surface area (Å²) in [6.07, 6.45) is 0. The molecule has 2 aromatic heterocycles. The number of amides is 1. The lowest BCUT2D eigenvalue weighted by molar-refractivity contribution is -0.132. The lowest BCUT2D eigenvalue weighted by Gasteiger charge is -2.36. The molecule has 1 amide bonds. The van der Waals surface area contributed by atoms with Gasteiger partial charge in [-0.05, 0) is 35.7 Å². The number of hydrogen-bond donors (Lipinski definition) is 0. The van der Waals surface area contributed by atoms with E-state index in [2.05, 4.69) is 4.90 Å². The second-order valence-electron chi connectivity index (χ2n) is 7.52. The van der Waals surface area contributed by atoms with Gasteiger partial charge in [-0.1, -0.05) is 0 Å². The number of thiophene rings is 1. The van der Waals surface area contributed by atoms with Crippen LogP contribution in [0.25, 0.3) is 10.2 Å². The maximum absolute atomic E-state index is 13.0. The van der Waals surface area contributed by atoms with Crippen molar-refractivity contribution in [2.75, 3.05) is 51.9 Å². The summed E-state index contributed by atoms with van der Waals surface area (Å²) in [7, 11) is 3.15. The number of ether oxygens (including phenoxy) is 2. The van der Waals surface area contributed by atoms with E-state index in [1.54, 1.807) is 23.5 Å². The minimum absolute atomic E-state index is 0.0954. The molecule has 0 spiro atoms. The van der Waals surface area contributed by atoms with Crippen molar-refractivity contribution in [2.45, 2.75) is 13.1 Å². The third-order valence-corrected chi connectivity index (χ3v) is 6.61. The highest BCUT2D eigenvalue weighted by Gasteiger charge is 2.23. The number of benzene rings is 1. The Bertz CT molecular complexity index is 1210. The zero-order chi connectivity index (χ0) is 22.7. The van der Waals surface area contributed by atoms with Gasteiger partial charge in [0.25, 0.3) is 5.56 Å². The number of piperazine rings is 1. The third-order valence-electron chi connectivity index (χ3n) is 5.72. The van der Waals surface area contributed by atoms with Crippen molar-refractivity contribution < 1.29 is 14.3 Å². The van der Waals surface area contributed by atoms with E-state index in [9.17, 15) is 14.4 Å². The van der Waals surface area contributed by atoms with E-state index in [1.165, 1.54) is 23.0 Å². The molecule has 0 aliphatic carbocycles. The maximum Gasteiger partial charge on any atom is 0.332 e. The Morgan fingerprint density at radius 3 is 2.38 bits per heavy atom. The summed E-state index contributed by atoms with van der Waals surface area (Å²) in [5.41, 5.74) is 0.764. The molecule has 1 saturated heterocycles. The van der Waals surface area contributed by atoms with Crippen LogP contribution in [0.2, 0.25) is 0 Å². The molecular formula is C22H26N4O5S. The molecule has 170 valence electrons. The third kappa shape index (κ3) is 4.28. The molecule has 0 N–H and O–H groups in total. The molecule has 0 saturated carbocycles. The average Bonchev–Trinajstić information content (AvgIpc) is 3.32. The monoisotopic (exact) mass is 458 g/mol. The quantitative estimate of drug-likeness (QED) is 0.529. The summed E-state index contributed by atoms with van der Waals surface area (Å²) in [6.45, 7) is 2.83. The molecule has 1 aromatic carbocycles. The number of carbonyl (C=O) groups is 1. The number of anilines is 1. The maximum atomic E-state index is 13.0. The molecule has 32 heavy (non-hydrogen) atoms. The van der Waals surface area contributed by atoms with Crippen LogP contribution in [0.1, 0.15) is 0 Å². The zero-order valence-electron chi connectivity index (χ0n) is 18.2. The lowest BCUT2D eigenvalue weighted by Crippen LogP contribution is -2.50.